The van der Waals surface area contributed by atoms with Crippen molar-refractivity contribution in [2.24, 2.45) is 5.92 Å². The van der Waals surface area contributed by atoms with Crippen molar-refractivity contribution in [1.29, 1.82) is 0 Å². The number of benzene rings is 1. The predicted molar refractivity (Wildman–Crippen MR) is 56.5 cm³/mol. The summed E-state index contributed by atoms with van der Waals surface area (Å²) in [4.78, 5) is 22.0. The standard InChI is InChI=1S/C11H8ClFO4/c12-7-3-5(1-2-8(7)13)11(10(16)17)4-6(11)9(14)15/h1-3,6H,4H2,(H,14,15)(H,16,17). The molecule has 1 aromatic rings. The van der Waals surface area contributed by atoms with Gasteiger partial charge in [0.15, 0.2) is 0 Å². The highest BCUT2D eigenvalue weighted by Crippen LogP contribution is 2.55. The fraction of sp³-hybridized carbons (Fsp3) is 0.273. The lowest BCUT2D eigenvalue weighted by Crippen LogP contribution is -2.25. The second-order valence-electron chi connectivity index (χ2n) is 4.00. The Bertz CT molecular complexity index is 516. The van der Waals surface area contributed by atoms with E-state index in [1.54, 1.807) is 0 Å². The van der Waals surface area contributed by atoms with Crippen molar-refractivity contribution in [1.82, 2.24) is 0 Å². The Morgan fingerprint density at radius 2 is 2.06 bits per heavy atom. The highest BCUT2D eigenvalue weighted by molar-refractivity contribution is 6.30. The van der Waals surface area contributed by atoms with Gasteiger partial charge in [-0.1, -0.05) is 17.7 Å². The second kappa shape index (κ2) is 3.70. The molecule has 1 fully saturated rings. The molecule has 6 heteroatoms. The zero-order valence-corrected chi connectivity index (χ0v) is 9.24. The van der Waals surface area contributed by atoms with E-state index in [2.05, 4.69) is 0 Å². The number of halogens is 2. The summed E-state index contributed by atoms with van der Waals surface area (Å²) < 4.78 is 13.0. The molecular formula is C11H8ClFO4. The van der Waals surface area contributed by atoms with E-state index in [4.69, 9.17) is 21.8 Å². The van der Waals surface area contributed by atoms with Gasteiger partial charge in [0.1, 0.15) is 11.2 Å². The van der Waals surface area contributed by atoms with Crippen LogP contribution in [0.1, 0.15) is 12.0 Å². The first kappa shape index (κ1) is 11.9. The van der Waals surface area contributed by atoms with Gasteiger partial charge in [-0.3, -0.25) is 9.59 Å². The van der Waals surface area contributed by atoms with Crippen LogP contribution in [0.25, 0.3) is 0 Å². The fourth-order valence-electron chi connectivity index (χ4n) is 2.01. The number of carboxylic acid groups (broad SMARTS) is 2. The highest BCUT2D eigenvalue weighted by atomic mass is 35.5. The van der Waals surface area contributed by atoms with Gasteiger partial charge in [0.25, 0.3) is 0 Å². The lowest BCUT2D eigenvalue weighted by atomic mass is 9.93. The minimum Gasteiger partial charge on any atom is -0.481 e. The molecule has 0 aromatic heterocycles. The molecule has 17 heavy (non-hydrogen) atoms. The van der Waals surface area contributed by atoms with E-state index >= 15 is 0 Å². The van der Waals surface area contributed by atoms with Gasteiger partial charge in [0, 0.05) is 0 Å². The Morgan fingerprint density at radius 3 is 2.47 bits per heavy atom. The van der Waals surface area contributed by atoms with Crippen molar-refractivity contribution in [2.75, 3.05) is 0 Å². The minimum atomic E-state index is -1.47. The summed E-state index contributed by atoms with van der Waals surface area (Å²) in [5.74, 6) is -4.05. The predicted octanol–water partition coefficient (Wildman–Crippen LogP) is 1.91. The summed E-state index contributed by atoms with van der Waals surface area (Å²) in [6.45, 7) is 0. The molecule has 1 saturated carbocycles. The van der Waals surface area contributed by atoms with E-state index in [0.717, 1.165) is 6.07 Å². The van der Waals surface area contributed by atoms with E-state index < -0.39 is 29.1 Å². The van der Waals surface area contributed by atoms with Gasteiger partial charge < -0.3 is 10.2 Å². The number of carboxylic acids is 2. The number of carbonyl (C=O) groups is 2. The third-order valence-corrected chi connectivity index (χ3v) is 3.36. The van der Waals surface area contributed by atoms with Crippen LogP contribution in [0, 0.1) is 11.7 Å². The average Bonchev–Trinajstić information content (AvgIpc) is 2.98. The Labute approximate surface area is 101 Å². The van der Waals surface area contributed by atoms with Crippen molar-refractivity contribution in [3.8, 4) is 0 Å². The molecule has 1 aromatic carbocycles. The van der Waals surface area contributed by atoms with Crippen molar-refractivity contribution >= 4 is 23.5 Å². The van der Waals surface area contributed by atoms with Gasteiger partial charge in [-0.15, -0.1) is 0 Å². The summed E-state index contributed by atoms with van der Waals surface area (Å²) in [6.07, 6.45) is -0.000369. The molecule has 0 aliphatic heterocycles. The van der Waals surface area contributed by atoms with Gasteiger partial charge >= 0.3 is 11.9 Å². The molecule has 0 saturated heterocycles. The molecule has 1 aliphatic carbocycles. The molecule has 2 atom stereocenters. The molecule has 0 heterocycles. The first-order valence-electron chi connectivity index (χ1n) is 4.81. The van der Waals surface area contributed by atoms with Gasteiger partial charge in [0.05, 0.1) is 10.9 Å². The summed E-state index contributed by atoms with van der Waals surface area (Å²) in [6, 6.07) is 3.48. The molecule has 4 nitrogen and oxygen atoms in total. The molecule has 2 N–H and O–H groups in total. The van der Waals surface area contributed by atoms with Crippen LogP contribution in [0.2, 0.25) is 5.02 Å². The lowest BCUT2D eigenvalue weighted by molar-refractivity contribution is -0.145. The van der Waals surface area contributed by atoms with Gasteiger partial charge in [-0.25, -0.2) is 4.39 Å². The Balaban J connectivity index is 2.46. The van der Waals surface area contributed by atoms with Crippen LogP contribution in [0.4, 0.5) is 4.39 Å². The number of hydrogen-bond donors (Lipinski definition) is 2. The molecule has 0 amide bonds. The van der Waals surface area contributed by atoms with E-state index in [0.29, 0.717) is 0 Å². The lowest BCUT2D eigenvalue weighted by Gasteiger charge is -2.12. The molecule has 1 aliphatic rings. The maximum Gasteiger partial charge on any atom is 0.315 e. The molecule has 2 rings (SSSR count). The third kappa shape index (κ3) is 1.67. The monoisotopic (exact) mass is 258 g/mol. The third-order valence-electron chi connectivity index (χ3n) is 3.08. The zero-order chi connectivity index (χ0) is 12.8. The Hall–Kier alpha value is -1.62. The van der Waals surface area contributed by atoms with Crippen molar-refractivity contribution in [3.63, 3.8) is 0 Å². The van der Waals surface area contributed by atoms with Crippen LogP contribution in [-0.2, 0) is 15.0 Å². The molecule has 0 radical (unpaired) electrons. The number of rotatable bonds is 3. The molecule has 90 valence electrons. The van der Waals surface area contributed by atoms with Crippen LogP contribution < -0.4 is 0 Å². The zero-order valence-electron chi connectivity index (χ0n) is 8.48. The average molecular weight is 259 g/mol. The first-order chi connectivity index (χ1) is 7.89. The van der Waals surface area contributed by atoms with Crippen molar-refractivity contribution in [3.05, 3.63) is 34.6 Å². The minimum absolute atomic E-state index is 0.000369. The normalized spacial score (nSPS) is 26.6. The summed E-state index contributed by atoms with van der Waals surface area (Å²) in [7, 11) is 0. The van der Waals surface area contributed by atoms with Gasteiger partial charge in [-0.2, -0.15) is 0 Å². The fourth-order valence-corrected chi connectivity index (χ4v) is 2.19. The quantitative estimate of drug-likeness (QED) is 0.868. The SMILES string of the molecule is O=C(O)C1CC1(C(=O)O)c1ccc(F)c(Cl)c1. The number of hydrogen-bond acceptors (Lipinski definition) is 2. The van der Waals surface area contributed by atoms with Crippen LogP contribution in [-0.4, -0.2) is 22.2 Å². The van der Waals surface area contributed by atoms with E-state index in [1.807, 2.05) is 0 Å². The summed E-state index contributed by atoms with van der Waals surface area (Å²) in [5.41, 5.74) is -1.24. The van der Waals surface area contributed by atoms with Crippen LogP contribution in [0.5, 0.6) is 0 Å². The van der Waals surface area contributed by atoms with E-state index in [1.165, 1.54) is 12.1 Å². The smallest absolute Gasteiger partial charge is 0.315 e. The van der Waals surface area contributed by atoms with Gasteiger partial charge in [-0.05, 0) is 24.1 Å². The largest absolute Gasteiger partial charge is 0.481 e. The van der Waals surface area contributed by atoms with E-state index in [9.17, 15) is 14.0 Å². The molecule has 0 spiro atoms. The summed E-state index contributed by atoms with van der Waals surface area (Å²) in [5, 5.41) is 17.8. The maximum atomic E-state index is 13.0. The van der Waals surface area contributed by atoms with Crippen LogP contribution in [0.15, 0.2) is 18.2 Å². The first-order valence-corrected chi connectivity index (χ1v) is 5.19. The van der Waals surface area contributed by atoms with Crippen molar-refractivity contribution in [2.45, 2.75) is 11.8 Å². The molecule has 0 bridgehead atoms. The van der Waals surface area contributed by atoms with Crippen LogP contribution >= 0.6 is 11.6 Å². The van der Waals surface area contributed by atoms with E-state index in [-0.39, 0.29) is 17.0 Å². The Kier molecular flexibility index (Phi) is 2.58. The van der Waals surface area contributed by atoms with Crippen molar-refractivity contribution < 1.29 is 24.2 Å². The molecular weight excluding hydrogens is 251 g/mol. The number of aliphatic carboxylic acids is 2. The van der Waals surface area contributed by atoms with Crippen LogP contribution in [0.3, 0.4) is 0 Å². The maximum absolute atomic E-state index is 13.0. The Morgan fingerprint density at radius 1 is 1.41 bits per heavy atom. The summed E-state index contributed by atoms with van der Waals surface area (Å²) >= 11 is 5.56. The highest BCUT2D eigenvalue weighted by Gasteiger charge is 2.65. The topological polar surface area (TPSA) is 74.6 Å². The molecule has 2 unspecified atom stereocenters. The second-order valence-corrected chi connectivity index (χ2v) is 4.41. The van der Waals surface area contributed by atoms with Gasteiger partial charge in [0.2, 0.25) is 0 Å².